The van der Waals surface area contributed by atoms with Gasteiger partial charge in [0.05, 0.1) is 6.26 Å². The van der Waals surface area contributed by atoms with Crippen LogP contribution in [0.1, 0.15) is 11.3 Å². The van der Waals surface area contributed by atoms with Gasteiger partial charge in [-0.2, -0.15) is 0 Å². The van der Waals surface area contributed by atoms with Gasteiger partial charge < -0.3 is 4.42 Å². The van der Waals surface area contributed by atoms with E-state index in [0.29, 0.717) is 5.76 Å². The zero-order valence-corrected chi connectivity index (χ0v) is 9.55. The van der Waals surface area contributed by atoms with Crippen molar-refractivity contribution in [2.45, 2.75) is 0 Å². The Morgan fingerprint density at radius 2 is 1.78 bits per heavy atom. The molecule has 0 atom stereocenters. The first-order valence-corrected chi connectivity index (χ1v) is 5.43. The zero-order chi connectivity index (χ0) is 12.8. The van der Waals surface area contributed by atoms with E-state index in [9.17, 15) is 9.18 Å². The predicted octanol–water partition coefficient (Wildman–Crippen LogP) is 3.71. The Morgan fingerprint density at radius 3 is 2.44 bits per heavy atom. The number of benzene rings is 1. The summed E-state index contributed by atoms with van der Waals surface area (Å²) in [6.07, 6.45) is 7.61. The first kappa shape index (κ1) is 12.0. The average molecular weight is 242 g/mol. The van der Waals surface area contributed by atoms with Crippen LogP contribution in [0.3, 0.4) is 0 Å². The summed E-state index contributed by atoms with van der Waals surface area (Å²) in [4.78, 5) is 11.5. The highest BCUT2D eigenvalue weighted by molar-refractivity contribution is 6.04. The molecule has 2 aromatic rings. The van der Waals surface area contributed by atoms with E-state index in [1.54, 1.807) is 42.7 Å². The normalized spacial score (nSPS) is 11.4. The van der Waals surface area contributed by atoms with E-state index in [0.717, 1.165) is 5.56 Å². The number of rotatable bonds is 4. The SMILES string of the molecule is O=C(/C=C/c1ccc(F)cc1)/C=C/c1ccco1. The highest BCUT2D eigenvalue weighted by Crippen LogP contribution is 2.06. The third-order valence-electron chi connectivity index (χ3n) is 2.27. The lowest BCUT2D eigenvalue weighted by atomic mass is 10.2. The molecule has 0 N–H and O–H groups in total. The molecule has 0 amide bonds. The maximum Gasteiger partial charge on any atom is 0.178 e. The van der Waals surface area contributed by atoms with Crippen molar-refractivity contribution in [3.05, 3.63) is 72.0 Å². The molecule has 1 aromatic heterocycles. The first-order chi connectivity index (χ1) is 8.74. The fraction of sp³-hybridized carbons (Fsp3) is 0. The second-order valence-corrected chi connectivity index (χ2v) is 3.64. The van der Waals surface area contributed by atoms with Gasteiger partial charge in [-0.15, -0.1) is 0 Å². The molecule has 0 aliphatic rings. The molecule has 18 heavy (non-hydrogen) atoms. The third-order valence-corrected chi connectivity index (χ3v) is 2.27. The van der Waals surface area contributed by atoms with Crippen LogP contribution in [-0.2, 0) is 4.79 Å². The summed E-state index contributed by atoms with van der Waals surface area (Å²) in [5.74, 6) is 0.172. The van der Waals surface area contributed by atoms with Crippen molar-refractivity contribution in [1.29, 1.82) is 0 Å². The van der Waals surface area contributed by atoms with Crippen LogP contribution < -0.4 is 0 Å². The standard InChI is InChI=1S/C15H11FO2/c16-13-6-3-12(4-7-13)5-8-14(17)9-10-15-2-1-11-18-15/h1-11H/b8-5+,10-9+. The molecule has 2 nitrogen and oxygen atoms in total. The molecule has 0 aliphatic carbocycles. The molecule has 1 aromatic carbocycles. The molecule has 0 fully saturated rings. The second-order valence-electron chi connectivity index (χ2n) is 3.64. The molecule has 90 valence electrons. The average Bonchev–Trinajstić information content (AvgIpc) is 2.89. The molecule has 0 spiro atoms. The Kier molecular flexibility index (Phi) is 3.86. The monoisotopic (exact) mass is 242 g/mol. The van der Waals surface area contributed by atoms with Gasteiger partial charge in [-0.3, -0.25) is 4.79 Å². The van der Waals surface area contributed by atoms with Gasteiger partial charge in [0, 0.05) is 0 Å². The number of hydrogen-bond acceptors (Lipinski definition) is 2. The van der Waals surface area contributed by atoms with Gasteiger partial charge in [0.1, 0.15) is 11.6 Å². The Bertz CT molecular complexity index is 563. The molecular formula is C15H11FO2. The van der Waals surface area contributed by atoms with Gasteiger partial charge in [-0.25, -0.2) is 4.39 Å². The van der Waals surface area contributed by atoms with Crippen LogP contribution >= 0.6 is 0 Å². The Hall–Kier alpha value is -2.42. The zero-order valence-electron chi connectivity index (χ0n) is 9.55. The first-order valence-electron chi connectivity index (χ1n) is 5.43. The predicted molar refractivity (Wildman–Crippen MR) is 68.2 cm³/mol. The third kappa shape index (κ3) is 3.56. The molecule has 1 heterocycles. The molecule has 0 aliphatic heterocycles. The molecule has 0 unspecified atom stereocenters. The van der Waals surface area contributed by atoms with Gasteiger partial charge in [0.15, 0.2) is 5.78 Å². The Balaban J connectivity index is 1.97. The summed E-state index contributed by atoms with van der Waals surface area (Å²) in [5.41, 5.74) is 0.774. The van der Waals surface area contributed by atoms with Crippen LogP contribution in [0.2, 0.25) is 0 Å². The minimum atomic E-state index is -0.295. The largest absolute Gasteiger partial charge is 0.465 e. The molecule has 2 rings (SSSR count). The van der Waals surface area contributed by atoms with Crippen molar-refractivity contribution in [1.82, 2.24) is 0 Å². The van der Waals surface area contributed by atoms with Crippen LogP contribution in [0.4, 0.5) is 4.39 Å². The van der Waals surface area contributed by atoms with Crippen molar-refractivity contribution in [3.63, 3.8) is 0 Å². The van der Waals surface area contributed by atoms with E-state index >= 15 is 0 Å². The number of carbonyl (C=O) groups excluding carboxylic acids is 1. The smallest absolute Gasteiger partial charge is 0.178 e. The topological polar surface area (TPSA) is 30.2 Å². The van der Waals surface area contributed by atoms with Gasteiger partial charge in [-0.1, -0.05) is 18.2 Å². The fourth-order valence-electron chi connectivity index (χ4n) is 1.36. The minimum absolute atomic E-state index is 0.157. The van der Waals surface area contributed by atoms with E-state index in [4.69, 9.17) is 4.42 Å². The maximum atomic E-state index is 12.7. The Morgan fingerprint density at radius 1 is 1.06 bits per heavy atom. The highest BCUT2D eigenvalue weighted by Gasteiger charge is 1.93. The van der Waals surface area contributed by atoms with E-state index in [-0.39, 0.29) is 11.6 Å². The molecule has 3 heteroatoms. The van der Waals surface area contributed by atoms with Crippen molar-refractivity contribution >= 4 is 17.9 Å². The molecule has 0 bridgehead atoms. The number of hydrogen-bond donors (Lipinski definition) is 0. The van der Waals surface area contributed by atoms with E-state index < -0.39 is 0 Å². The summed E-state index contributed by atoms with van der Waals surface area (Å²) >= 11 is 0. The fourth-order valence-corrected chi connectivity index (χ4v) is 1.36. The van der Waals surface area contributed by atoms with Crippen molar-refractivity contribution in [2.24, 2.45) is 0 Å². The van der Waals surface area contributed by atoms with Gasteiger partial charge in [-0.05, 0) is 48.1 Å². The summed E-state index contributed by atoms with van der Waals surface area (Å²) in [6, 6.07) is 9.42. The number of halogens is 1. The van der Waals surface area contributed by atoms with Gasteiger partial charge in [0.25, 0.3) is 0 Å². The number of allylic oxidation sites excluding steroid dienone is 2. The summed E-state index contributed by atoms with van der Waals surface area (Å²) < 4.78 is 17.7. The van der Waals surface area contributed by atoms with Crippen molar-refractivity contribution in [3.8, 4) is 0 Å². The van der Waals surface area contributed by atoms with Crippen molar-refractivity contribution < 1.29 is 13.6 Å². The number of carbonyl (C=O) groups is 1. The molecule has 0 radical (unpaired) electrons. The van der Waals surface area contributed by atoms with Crippen LogP contribution in [0.25, 0.3) is 12.2 Å². The van der Waals surface area contributed by atoms with Gasteiger partial charge >= 0.3 is 0 Å². The molecule has 0 saturated carbocycles. The maximum absolute atomic E-state index is 12.7. The summed E-state index contributed by atoms with van der Waals surface area (Å²) in [5, 5.41) is 0. The van der Waals surface area contributed by atoms with Crippen LogP contribution in [-0.4, -0.2) is 5.78 Å². The summed E-state index contributed by atoms with van der Waals surface area (Å²) in [6.45, 7) is 0. The van der Waals surface area contributed by atoms with Crippen molar-refractivity contribution in [2.75, 3.05) is 0 Å². The van der Waals surface area contributed by atoms with Gasteiger partial charge in [0.2, 0.25) is 0 Å². The minimum Gasteiger partial charge on any atom is -0.465 e. The number of ketones is 1. The number of furan rings is 1. The lowest BCUT2D eigenvalue weighted by Gasteiger charge is -1.91. The van der Waals surface area contributed by atoms with E-state index in [1.807, 2.05) is 0 Å². The highest BCUT2D eigenvalue weighted by atomic mass is 19.1. The van der Waals surface area contributed by atoms with E-state index in [2.05, 4.69) is 0 Å². The Labute approximate surface area is 104 Å². The van der Waals surface area contributed by atoms with E-state index in [1.165, 1.54) is 24.3 Å². The quantitative estimate of drug-likeness (QED) is 0.765. The molecular weight excluding hydrogens is 231 g/mol. The van der Waals surface area contributed by atoms with Crippen LogP contribution in [0, 0.1) is 5.82 Å². The lowest BCUT2D eigenvalue weighted by molar-refractivity contribution is -0.110. The van der Waals surface area contributed by atoms with Crippen LogP contribution in [0.15, 0.2) is 59.2 Å². The van der Waals surface area contributed by atoms with Crippen LogP contribution in [0.5, 0.6) is 0 Å². The second kappa shape index (κ2) is 5.77. The molecule has 0 saturated heterocycles. The lowest BCUT2D eigenvalue weighted by Crippen LogP contribution is -1.84. The summed E-state index contributed by atoms with van der Waals surface area (Å²) in [7, 11) is 0.